The summed E-state index contributed by atoms with van der Waals surface area (Å²) in [7, 11) is 0. The van der Waals surface area contributed by atoms with Gasteiger partial charge in [-0.25, -0.2) is 0 Å². The molecule has 1 heteroatoms. The molecule has 2 rings (SSSR count). The Labute approximate surface area is 128 Å². The second-order valence-electron chi connectivity index (χ2n) is 5.70. The fourth-order valence-electron chi connectivity index (χ4n) is 2.91. The first-order chi connectivity index (χ1) is 10.1. The van der Waals surface area contributed by atoms with Crippen LogP contribution in [-0.4, -0.2) is 5.11 Å². The van der Waals surface area contributed by atoms with Crippen LogP contribution in [0.15, 0.2) is 36.4 Å². The second kappa shape index (κ2) is 6.91. The van der Waals surface area contributed by atoms with Crippen LogP contribution in [-0.2, 0) is 19.3 Å². The summed E-state index contributed by atoms with van der Waals surface area (Å²) < 4.78 is 0. The van der Waals surface area contributed by atoms with E-state index < -0.39 is 6.10 Å². The zero-order valence-corrected chi connectivity index (χ0v) is 13.6. The number of benzene rings is 2. The molecule has 0 aliphatic heterocycles. The lowest BCUT2D eigenvalue weighted by Crippen LogP contribution is -2.08. The molecule has 0 aromatic heterocycles. The fraction of sp³-hybridized carbons (Fsp3) is 0.400. The molecule has 0 fully saturated rings. The number of rotatable bonds is 5. The van der Waals surface area contributed by atoms with Crippen molar-refractivity contribution < 1.29 is 5.11 Å². The Hall–Kier alpha value is -1.60. The van der Waals surface area contributed by atoms with Crippen LogP contribution in [0.1, 0.15) is 60.3 Å². The molecule has 0 radical (unpaired) electrons. The topological polar surface area (TPSA) is 20.2 Å². The minimum atomic E-state index is -0.526. The van der Waals surface area contributed by atoms with Gasteiger partial charge in [0, 0.05) is 0 Å². The first-order valence-corrected chi connectivity index (χ1v) is 7.99. The maximum absolute atomic E-state index is 10.9. The van der Waals surface area contributed by atoms with E-state index in [1.807, 2.05) is 12.1 Å². The number of hydrogen-bond donors (Lipinski definition) is 1. The van der Waals surface area contributed by atoms with Crippen LogP contribution >= 0.6 is 0 Å². The van der Waals surface area contributed by atoms with E-state index in [-0.39, 0.29) is 0 Å². The van der Waals surface area contributed by atoms with Gasteiger partial charge in [0.1, 0.15) is 6.10 Å². The molecule has 1 unspecified atom stereocenters. The minimum absolute atomic E-state index is 0.526. The maximum Gasteiger partial charge on any atom is 0.105 e. The van der Waals surface area contributed by atoms with Crippen molar-refractivity contribution in [3.63, 3.8) is 0 Å². The summed E-state index contributed by atoms with van der Waals surface area (Å²) in [4.78, 5) is 0. The molecule has 0 saturated heterocycles. The molecule has 1 nitrogen and oxygen atoms in total. The van der Waals surface area contributed by atoms with Crippen LogP contribution in [0, 0.1) is 6.92 Å². The SMILES string of the molecule is CCc1cc(CC)c(C(O)c2ccc(C)cc2)c(CC)c1. The number of hydrogen-bond acceptors (Lipinski definition) is 1. The highest BCUT2D eigenvalue weighted by atomic mass is 16.3. The number of aliphatic hydroxyl groups excluding tert-OH is 1. The Morgan fingerprint density at radius 3 is 1.81 bits per heavy atom. The number of aliphatic hydroxyl groups is 1. The van der Waals surface area contributed by atoms with Gasteiger partial charge in [0.25, 0.3) is 0 Å². The van der Waals surface area contributed by atoms with E-state index in [1.165, 1.54) is 22.3 Å². The molecule has 0 spiro atoms. The molecular weight excluding hydrogens is 256 g/mol. The standard InChI is InChI=1S/C20H26O/c1-5-15-12-16(6-2)19(17(7-3)13-15)20(21)18-10-8-14(4)9-11-18/h8-13,20-21H,5-7H2,1-4H3. The van der Waals surface area contributed by atoms with Gasteiger partial charge in [0.15, 0.2) is 0 Å². The lowest BCUT2D eigenvalue weighted by Gasteiger charge is -2.21. The van der Waals surface area contributed by atoms with Crippen molar-refractivity contribution in [3.8, 4) is 0 Å². The number of aryl methyl sites for hydroxylation is 4. The largest absolute Gasteiger partial charge is 0.384 e. The van der Waals surface area contributed by atoms with Gasteiger partial charge in [-0.05, 0) is 54.0 Å². The van der Waals surface area contributed by atoms with E-state index >= 15 is 0 Å². The summed E-state index contributed by atoms with van der Waals surface area (Å²) in [5.74, 6) is 0. The van der Waals surface area contributed by atoms with Crippen molar-refractivity contribution in [2.45, 2.75) is 53.1 Å². The highest BCUT2D eigenvalue weighted by Crippen LogP contribution is 2.30. The van der Waals surface area contributed by atoms with Crippen LogP contribution < -0.4 is 0 Å². The van der Waals surface area contributed by atoms with Gasteiger partial charge >= 0.3 is 0 Å². The summed E-state index contributed by atoms with van der Waals surface area (Å²) in [6.07, 6.45) is 2.43. The summed E-state index contributed by atoms with van der Waals surface area (Å²) in [6, 6.07) is 12.7. The van der Waals surface area contributed by atoms with Crippen LogP contribution in [0.25, 0.3) is 0 Å². The van der Waals surface area contributed by atoms with Crippen molar-refractivity contribution in [1.82, 2.24) is 0 Å². The Kier molecular flexibility index (Phi) is 5.19. The van der Waals surface area contributed by atoms with Gasteiger partial charge < -0.3 is 5.11 Å². The first kappa shape index (κ1) is 15.8. The third-order valence-electron chi connectivity index (χ3n) is 4.25. The maximum atomic E-state index is 10.9. The summed E-state index contributed by atoms with van der Waals surface area (Å²) in [6.45, 7) is 8.59. The molecule has 0 aliphatic carbocycles. The summed E-state index contributed by atoms with van der Waals surface area (Å²) in [5, 5.41) is 10.9. The van der Waals surface area contributed by atoms with Gasteiger partial charge in [-0.1, -0.05) is 62.7 Å². The van der Waals surface area contributed by atoms with E-state index in [1.54, 1.807) is 0 Å². The van der Waals surface area contributed by atoms with Crippen molar-refractivity contribution in [3.05, 3.63) is 69.8 Å². The highest BCUT2D eigenvalue weighted by molar-refractivity contribution is 5.45. The summed E-state index contributed by atoms with van der Waals surface area (Å²) in [5.41, 5.74) is 7.23. The van der Waals surface area contributed by atoms with E-state index in [2.05, 4.69) is 52.0 Å². The molecule has 0 bridgehead atoms. The Bertz CT molecular complexity index is 571. The minimum Gasteiger partial charge on any atom is -0.384 e. The van der Waals surface area contributed by atoms with E-state index in [0.29, 0.717) is 0 Å². The molecule has 0 saturated carbocycles. The Morgan fingerprint density at radius 1 is 0.857 bits per heavy atom. The second-order valence-corrected chi connectivity index (χ2v) is 5.70. The first-order valence-electron chi connectivity index (χ1n) is 7.99. The molecule has 2 aromatic carbocycles. The smallest absolute Gasteiger partial charge is 0.105 e. The van der Waals surface area contributed by atoms with Crippen molar-refractivity contribution in [1.29, 1.82) is 0 Å². The third-order valence-corrected chi connectivity index (χ3v) is 4.25. The molecule has 112 valence electrons. The molecule has 1 N–H and O–H groups in total. The van der Waals surface area contributed by atoms with Crippen LogP contribution in [0.2, 0.25) is 0 Å². The normalized spacial score (nSPS) is 12.4. The molecular formula is C20H26O. The predicted molar refractivity (Wildman–Crippen MR) is 89.8 cm³/mol. The summed E-state index contributed by atoms with van der Waals surface area (Å²) >= 11 is 0. The molecule has 1 atom stereocenters. The van der Waals surface area contributed by atoms with E-state index in [0.717, 1.165) is 30.4 Å². The van der Waals surface area contributed by atoms with Crippen LogP contribution in [0.4, 0.5) is 0 Å². The van der Waals surface area contributed by atoms with Gasteiger partial charge in [-0.15, -0.1) is 0 Å². The quantitative estimate of drug-likeness (QED) is 0.838. The predicted octanol–water partition coefficient (Wildman–Crippen LogP) is 4.76. The van der Waals surface area contributed by atoms with Gasteiger partial charge in [0.2, 0.25) is 0 Å². The lowest BCUT2D eigenvalue weighted by molar-refractivity contribution is 0.218. The molecule has 0 aliphatic rings. The molecule has 0 amide bonds. The van der Waals surface area contributed by atoms with Crippen molar-refractivity contribution in [2.24, 2.45) is 0 Å². The monoisotopic (exact) mass is 282 g/mol. The van der Waals surface area contributed by atoms with Gasteiger partial charge in [0.05, 0.1) is 0 Å². The molecule has 0 heterocycles. The molecule has 21 heavy (non-hydrogen) atoms. The van der Waals surface area contributed by atoms with E-state index in [9.17, 15) is 5.11 Å². The van der Waals surface area contributed by atoms with Crippen LogP contribution in [0.3, 0.4) is 0 Å². The van der Waals surface area contributed by atoms with Crippen molar-refractivity contribution >= 4 is 0 Å². The fourth-order valence-corrected chi connectivity index (χ4v) is 2.91. The van der Waals surface area contributed by atoms with Crippen LogP contribution in [0.5, 0.6) is 0 Å². The van der Waals surface area contributed by atoms with Gasteiger partial charge in [-0.3, -0.25) is 0 Å². The van der Waals surface area contributed by atoms with Gasteiger partial charge in [-0.2, -0.15) is 0 Å². The average Bonchev–Trinajstić information content (AvgIpc) is 2.53. The van der Waals surface area contributed by atoms with Crippen molar-refractivity contribution in [2.75, 3.05) is 0 Å². The zero-order chi connectivity index (χ0) is 15.4. The Morgan fingerprint density at radius 2 is 1.38 bits per heavy atom. The highest BCUT2D eigenvalue weighted by Gasteiger charge is 2.18. The zero-order valence-electron chi connectivity index (χ0n) is 13.6. The van der Waals surface area contributed by atoms with E-state index in [4.69, 9.17) is 0 Å². The lowest BCUT2D eigenvalue weighted by atomic mass is 9.88. The Balaban J connectivity index is 2.52. The third kappa shape index (κ3) is 3.36. The average molecular weight is 282 g/mol. The molecule has 2 aromatic rings.